The lowest BCUT2D eigenvalue weighted by molar-refractivity contribution is 0.0164. The first-order valence-corrected chi connectivity index (χ1v) is 6.57. The first-order chi connectivity index (χ1) is 9.24. The molecule has 2 atom stereocenters. The fourth-order valence-electron chi connectivity index (χ4n) is 2.01. The van der Waals surface area contributed by atoms with Crippen LogP contribution in [0.4, 0.5) is 0 Å². The third kappa shape index (κ3) is 3.59. The SMILES string of the molecule is CCOCC(O)COc1ccc2c(c1)OCC2NC. The van der Waals surface area contributed by atoms with Crippen molar-refractivity contribution in [2.45, 2.75) is 19.1 Å². The molecule has 0 saturated carbocycles. The molecule has 1 aromatic carbocycles. The van der Waals surface area contributed by atoms with Crippen molar-refractivity contribution >= 4 is 0 Å². The molecule has 0 aliphatic carbocycles. The number of hydrogen-bond acceptors (Lipinski definition) is 5. The fourth-order valence-corrected chi connectivity index (χ4v) is 2.01. The molecule has 0 aromatic heterocycles. The zero-order valence-corrected chi connectivity index (χ0v) is 11.4. The van der Waals surface area contributed by atoms with Crippen LogP contribution in [0.3, 0.4) is 0 Å². The predicted octanol–water partition coefficient (Wildman–Crippen LogP) is 1.12. The van der Waals surface area contributed by atoms with Crippen molar-refractivity contribution in [3.63, 3.8) is 0 Å². The van der Waals surface area contributed by atoms with Crippen molar-refractivity contribution in [1.82, 2.24) is 5.32 Å². The van der Waals surface area contributed by atoms with Gasteiger partial charge in [-0.05, 0) is 26.1 Å². The summed E-state index contributed by atoms with van der Waals surface area (Å²) in [5, 5.41) is 12.8. The minimum absolute atomic E-state index is 0.217. The van der Waals surface area contributed by atoms with Crippen LogP contribution in [0.25, 0.3) is 0 Å². The van der Waals surface area contributed by atoms with E-state index in [1.165, 1.54) is 0 Å². The summed E-state index contributed by atoms with van der Waals surface area (Å²) in [6, 6.07) is 5.99. The van der Waals surface area contributed by atoms with E-state index in [1.54, 1.807) is 0 Å². The van der Waals surface area contributed by atoms with E-state index in [0.29, 0.717) is 25.6 Å². The van der Waals surface area contributed by atoms with Crippen molar-refractivity contribution in [2.24, 2.45) is 0 Å². The van der Waals surface area contributed by atoms with Crippen LogP contribution >= 0.6 is 0 Å². The lowest BCUT2D eigenvalue weighted by Gasteiger charge is -2.13. The van der Waals surface area contributed by atoms with E-state index in [1.807, 2.05) is 32.2 Å². The lowest BCUT2D eigenvalue weighted by atomic mass is 10.1. The van der Waals surface area contributed by atoms with Crippen molar-refractivity contribution < 1.29 is 19.3 Å². The Balaban J connectivity index is 1.89. The summed E-state index contributed by atoms with van der Waals surface area (Å²) < 4.78 is 16.2. The first kappa shape index (κ1) is 14.1. The number of likely N-dealkylation sites (N-methyl/N-ethyl adjacent to an activating group) is 1. The molecule has 0 amide bonds. The normalized spacial score (nSPS) is 18.8. The molecule has 1 heterocycles. The Morgan fingerprint density at radius 2 is 2.32 bits per heavy atom. The molecule has 2 rings (SSSR count). The fraction of sp³-hybridized carbons (Fsp3) is 0.571. The van der Waals surface area contributed by atoms with E-state index >= 15 is 0 Å². The predicted molar refractivity (Wildman–Crippen MR) is 71.7 cm³/mol. The second-order valence-electron chi connectivity index (χ2n) is 4.48. The average Bonchev–Trinajstić information content (AvgIpc) is 2.85. The zero-order chi connectivity index (χ0) is 13.7. The molecule has 1 aliphatic heterocycles. The molecular formula is C14H21NO4. The number of hydrogen-bond donors (Lipinski definition) is 2. The molecule has 0 fully saturated rings. The van der Waals surface area contributed by atoms with Gasteiger partial charge in [0, 0.05) is 18.2 Å². The molecule has 5 heteroatoms. The van der Waals surface area contributed by atoms with E-state index in [2.05, 4.69) is 5.32 Å². The van der Waals surface area contributed by atoms with Gasteiger partial charge < -0.3 is 24.6 Å². The Morgan fingerprint density at radius 3 is 3.05 bits per heavy atom. The molecule has 0 spiro atoms. The van der Waals surface area contributed by atoms with E-state index in [0.717, 1.165) is 11.3 Å². The maximum Gasteiger partial charge on any atom is 0.127 e. The largest absolute Gasteiger partial charge is 0.491 e. The Hall–Kier alpha value is -1.30. The number of nitrogens with one attached hydrogen (secondary N) is 1. The Morgan fingerprint density at radius 1 is 1.47 bits per heavy atom. The van der Waals surface area contributed by atoms with Crippen molar-refractivity contribution in [2.75, 3.05) is 33.5 Å². The molecule has 0 bridgehead atoms. The van der Waals surface area contributed by atoms with E-state index in [-0.39, 0.29) is 12.6 Å². The van der Waals surface area contributed by atoms with Crippen LogP contribution in [-0.4, -0.2) is 44.7 Å². The van der Waals surface area contributed by atoms with E-state index < -0.39 is 6.10 Å². The maximum atomic E-state index is 9.62. The highest BCUT2D eigenvalue weighted by atomic mass is 16.5. The summed E-state index contributed by atoms with van der Waals surface area (Å²) in [6.45, 7) is 3.63. The minimum atomic E-state index is -0.612. The highest BCUT2D eigenvalue weighted by Gasteiger charge is 2.22. The molecule has 1 aromatic rings. The molecular weight excluding hydrogens is 246 g/mol. The zero-order valence-electron chi connectivity index (χ0n) is 11.4. The van der Waals surface area contributed by atoms with Gasteiger partial charge in [-0.15, -0.1) is 0 Å². The monoisotopic (exact) mass is 267 g/mol. The third-order valence-corrected chi connectivity index (χ3v) is 3.07. The number of rotatable bonds is 7. The minimum Gasteiger partial charge on any atom is -0.491 e. The van der Waals surface area contributed by atoms with Crippen molar-refractivity contribution in [3.05, 3.63) is 23.8 Å². The summed E-state index contributed by atoms with van der Waals surface area (Å²) in [7, 11) is 1.91. The molecule has 0 saturated heterocycles. The highest BCUT2D eigenvalue weighted by molar-refractivity contribution is 5.44. The van der Waals surface area contributed by atoms with Gasteiger partial charge in [0.25, 0.3) is 0 Å². The number of fused-ring (bicyclic) bond motifs is 1. The van der Waals surface area contributed by atoms with Gasteiger partial charge in [0.2, 0.25) is 0 Å². The van der Waals surface area contributed by atoms with Crippen LogP contribution in [0.5, 0.6) is 11.5 Å². The quantitative estimate of drug-likeness (QED) is 0.775. The van der Waals surface area contributed by atoms with Gasteiger partial charge in [-0.1, -0.05) is 0 Å². The maximum absolute atomic E-state index is 9.62. The first-order valence-electron chi connectivity index (χ1n) is 6.57. The van der Waals surface area contributed by atoms with Gasteiger partial charge in [-0.2, -0.15) is 0 Å². The van der Waals surface area contributed by atoms with E-state index in [4.69, 9.17) is 14.2 Å². The topological polar surface area (TPSA) is 60.0 Å². The summed E-state index contributed by atoms with van der Waals surface area (Å²) >= 11 is 0. The van der Waals surface area contributed by atoms with Crippen LogP contribution < -0.4 is 14.8 Å². The highest BCUT2D eigenvalue weighted by Crippen LogP contribution is 2.34. The summed E-state index contributed by atoms with van der Waals surface area (Å²) in [6.07, 6.45) is -0.612. The summed E-state index contributed by atoms with van der Waals surface area (Å²) in [5.41, 5.74) is 1.14. The number of ether oxygens (including phenoxy) is 3. The van der Waals surface area contributed by atoms with Crippen LogP contribution in [0, 0.1) is 0 Å². The number of aliphatic hydroxyl groups excluding tert-OH is 1. The molecule has 5 nitrogen and oxygen atoms in total. The molecule has 106 valence electrons. The van der Waals surface area contributed by atoms with Gasteiger partial charge >= 0.3 is 0 Å². The van der Waals surface area contributed by atoms with Crippen molar-refractivity contribution in [3.8, 4) is 11.5 Å². The molecule has 1 aliphatic rings. The summed E-state index contributed by atoms with van der Waals surface area (Å²) in [5.74, 6) is 1.54. The van der Waals surface area contributed by atoms with Crippen molar-refractivity contribution in [1.29, 1.82) is 0 Å². The molecule has 2 N–H and O–H groups in total. The average molecular weight is 267 g/mol. The van der Waals surface area contributed by atoms with Gasteiger partial charge in [0.15, 0.2) is 0 Å². The van der Waals surface area contributed by atoms with Crippen LogP contribution in [0.15, 0.2) is 18.2 Å². The second kappa shape index (κ2) is 6.75. The third-order valence-electron chi connectivity index (χ3n) is 3.07. The Labute approximate surface area is 113 Å². The molecule has 19 heavy (non-hydrogen) atoms. The van der Waals surface area contributed by atoms with Crippen LogP contribution in [0.1, 0.15) is 18.5 Å². The number of benzene rings is 1. The molecule has 0 radical (unpaired) electrons. The molecule has 2 unspecified atom stereocenters. The van der Waals surface area contributed by atoms with Gasteiger partial charge in [-0.25, -0.2) is 0 Å². The standard InChI is InChI=1S/C14H21NO4/c1-3-17-7-10(16)8-18-11-4-5-12-13(15-2)9-19-14(12)6-11/h4-6,10,13,15-16H,3,7-9H2,1-2H3. The van der Waals surface area contributed by atoms with Gasteiger partial charge in [0.1, 0.15) is 30.8 Å². The van der Waals surface area contributed by atoms with Gasteiger partial charge in [0.05, 0.1) is 12.6 Å². The number of aliphatic hydroxyl groups is 1. The van der Waals surface area contributed by atoms with Gasteiger partial charge in [-0.3, -0.25) is 0 Å². The Bertz CT molecular complexity index is 410. The Kier molecular flexibility index (Phi) is 5.01. The van der Waals surface area contributed by atoms with Crippen LogP contribution in [-0.2, 0) is 4.74 Å². The summed E-state index contributed by atoms with van der Waals surface area (Å²) in [4.78, 5) is 0. The smallest absolute Gasteiger partial charge is 0.127 e. The van der Waals surface area contributed by atoms with E-state index in [9.17, 15) is 5.11 Å². The van der Waals surface area contributed by atoms with Crippen LogP contribution in [0.2, 0.25) is 0 Å². The second-order valence-corrected chi connectivity index (χ2v) is 4.48. The lowest BCUT2D eigenvalue weighted by Crippen LogP contribution is -2.23.